The van der Waals surface area contributed by atoms with Gasteiger partial charge in [-0.3, -0.25) is 0 Å². The summed E-state index contributed by atoms with van der Waals surface area (Å²) in [4.78, 5) is 0. The van der Waals surface area contributed by atoms with Crippen molar-refractivity contribution in [3.8, 4) is 0 Å². The van der Waals surface area contributed by atoms with Gasteiger partial charge in [0.1, 0.15) is 0 Å². The van der Waals surface area contributed by atoms with E-state index in [4.69, 9.17) is 23.7 Å². The molecule has 0 fully saturated rings. The van der Waals surface area contributed by atoms with Crippen LogP contribution >= 0.6 is 0 Å². The van der Waals surface area contributed by atoms with E-state index < -0.39 is 11.1 Å². The second kappa shape index (κ2) is 0.566. The second-order valence-corrected chi connectivity index (χ2v) is 4.15. The first-order valence-corrected chi connectivity index (χ1v) is 3.94. The molecule has 0 aliphatic carbocycles. The molecular weight excluding hydrogens is 151 g/mol. The molecule has 0 aliphatic heterocycles. The fourth-order valence-corrected chi connectivity index (χ4v) is 0. The Morgan fingerprint density at radius 3 is 0.857 bits per heavy atom. The maximum absolute atomic E-state index is 8.86. The molecule has 0 radical (unpaired) electrons. The van der Waals surface area contributed by atoms with Gasteiger partial charge in [0.05, 0.1) is 0 Å². The summed E-state index contributed by atoms with van der Waals surface area (Å²) >= 11 is -8.85. The predicted octanol–water partition coefficient (Wildman–Crippen LogP) is -1.59. The zero-order valence-electron chi connectivity index (χ0n) is 2.91. The third-order valence-corrected chi connectivity index (χ3v) is 0. The van der Waals surface area contributed by atoms with Crippen LogP contribution in [0.1, 0.15) is 0 Å². The Morgan fingerprint density at radius 2 is 0.857 bits per heavy atom. The van der Waals surface area contributed by atoms with E-state index in [1.54, 1.807) is 0 Å². The normalized spacial score (nSPS) is 22.6. The number of rotatable bonds is 0. The summed E-state index contributed by atoms with van der Waals surface area (Å²) in [6, 6.07) is 0. The van der Waals surface area contributed by atoms with Crippen LogP contribution in [0.2, 0.25) is 0 Å². The summed E-state index contributed by atoms with van der Waals surface area (Å²) in [5, 5.41) is 0. The molecule has 0 atom stereocenters. The van der Waals surface area contributed by atoms with Crippen molar-refractivity contribution >= 4 is 0 Å². The van der Waals surface area contributed by atoms with Gasteiger partial charge in [-0.25, -0.2) is 0 Å². The van der Waals surface area contributed by atoms with Crippen LogP contribution in [0.5, 0.6) is 0 Å². The van der Waals surface area contributed by atoms with Gasteiger partial charge in [0, 0.05) is 0 Å². The van der Waals surface area contributed by atoms with E-state index in [-0.39, 0.29) is 0 Å². The molecule has 6 nitrogen and oxygen atoms in total. The Morgan fingerprint density at radius 1 is 0.857 bits per heavy atom. The van der Waals surface area contributed by atoms with Crippen molar-refractivity contribution in [1.29, 1.82) is 0 Å². The van der Waals surface area contributed by atoms with Gasteiger partial charge in [-0.05, 0) is 0 Å². The summed E-state index contributed by atoms with van der Waals surface area (Å²) in [6.45, 7) is 0. The molecule has 0 saturated carbocycles. The van der Waals surface area contributed by atoms with Gasteiger partial charge < -0.3 is 0 Å². The standard InChI is InChI=1S/Mn.2H2O.4O/h;2*1H2;;;;/q+2;;;;;;/p-2. The first kappa shape index (κ1) is 6.64. The van der Waals surface area contributed by atoms with Crippen molar-refractivity contribution in [2.75, 3.05) is 0 Å². The third-order valence-electron chi connectivity index (χ3n) is 0. The molecule has 0 spiro atoms. The van der Waals surface area contributed by atoms with Gasteiger partial charge in [0.25, 0.3) is 0 Å². The van der Waals surface area contributed by atoms with Crippen LogP contribution in [0.15, 0.2) is 0 Å². The SMILES string of the molecule is [O]=[Mn](=[O])(=[O])(=[O])([OH])[OH]. The van der Waals surface area contributed by atoms with Crippen LogP contribution in [0, 0.1) is 0 Å². The van der Waals surface area contributed by atoms with E-state index in [0.29, 0.717) is 0 Å². The third kappa shape index (κ3) is 575. The van der Waals surface area contributed by atoms with Crippen LogP contribution in [0.4, 0.5) is 0 Å². The average Bonchev–Trinajstić information content (AvgIpc) is 0.592. The minimum atomic E-state index is -8.85. The van der Waals surface area contributed by atoms with Crippen molar-refractivity contribution in [1.82, 2.24) is 0 Å². The van der Waals surface area contributed by atoms with E-state index in [2.05, 4.69) is 0 Å². The first-order valence-electron chi connectivity index (χ1n) is 0.955. The van der Waals surface area contributed by atoms with E-state index in [9.17, 15) is 0 Å². The number of hydrogen-bond donors (Lipinski definition) is 2. The van der Waals surface area contributed by atoms with Crippen LogP contribution in [0.25, 0.3) is 0 Å². The van der Waals surface area contributed by atoms with Crippen LogP contribution < -0.4 is 0 Å². The maximum atomic E-state index is 8.86. The van der Waals surface area contributed by atoms with E-state index in [0.717, 1.165) is 0 Å². The van der Waals surface area contributed by atoms with Gasteiger partial charge >= 0.3 is 34.8 Å². The molecule has 0 unspecified atom stereocenters. The zero-order chi connectivity index (χ0) is 6.41. The zero-order valence-corrected chi connectivity index (χ0v) is 4.09. The molecular formula is H2MnO6. The van der Waals surface area contributed by atoms with Crippen molar-refractivity contribution in [3.63, 3.8) is 0 Å². The van der Waals surface area contributed by atoms with Crippen molar-refractivity contribution in [2.24, 2.45) is 0 Å². The molecule has 0 saturated heterocycles. The molecule has 0 bridgehead atoms. The fourth-order valence-electron chi connectivity index (χ4n) is 0. The van der Waals surface area contributed by atoms with E-state index >= 15 is 0 Å². The first-order chi connectivity index (χ1) is 2.45. The molecule has 0 aromatic carbocycles. The summed E-state index contributed by atoms with van der Waals surface area (Å²) in [6.07, 6.45) is 0. The molecule has 7 heteroatoms. The van der Waals surface area contributed by atoms with Crippen LogP contribution in [-0.4, -0.2) is 8.38 Å². The average molecular weight is 153 g/mol. The van der Waals surface area contributed by atoms with Gasteiger partial charge in [0.15, 0.2) is 0 Å². The second-order valence-electron chi connectivity index (χ2n) is 1.01. The summed E-state index contributed by atoms with van der Waals surface area (Å²) in [5.41, 5.74) is 0. The summed E-state index contributed by atoms with van der Waals surface area (Å²) in [7, 11) is 0. The summed E-state index contributed by atoms with van der Waals surface area (Å²) in [5.74, 6) is 0. The predicted molar refractivity (Wildman–Crippen MR) is 7.18 cm³/mol. The molecule has 0 heterocycles. The van der Waals surface area contributed by atoms with E-state index in [1.807, 2.05) is 0 Å². The van der Waals surface area contributed by atoms with Gasteiger partial charge in [0.2, 0.25) is 0 Å². The Hall–Kier alpha value is -0.361. The Bertz CT molecular complexity index is 316. The molecule has 0 aromatic heterocycles. The Labute approximate surface area is 35.8 Å². The van der Waals surface area contributed by atoms with Crippen molar-refractivity contribution in [2.45, 2.75) is 0 Å². The minimum absolute atomic E-state index is 6.94. The fraction of sp³-hybridized carbons (Fsp3) is 0. The van der Waals surface area contributed by atoms with Gasteiger partial charge in [-0.2, -0.15) is 0 Å². The topological polar surface area (TPSA) is 109 Å². The monoisotopic (exact) mass is 153 g/mol. The molecule has 2 N–H and O–H groups in total. The van der Waals surface area contributed by atoms with Crippen LogP contribution in [0.3, 0.4) is 0 Å². The van der Waals surface area contributed by atoms with Crippen molar-refractivity contribution < 1.29 is 34.8 Å². The Kier molecular flexibility index (Phi) is 0.537. The molecule has 7 heavy (non-hydrogen) atoms. The van der Waals surface area contributed by atoms with Crippen LogP contribution in [-0.2, 0) is 26.5 Å². The molecule has 0 amide bonds. The molecule has 0 aliphatic rings. The number of hydrogen-bond acceptors (Lipinski definition) is 4. The molecule has 45 valence electrons. The molecule has 0 rings (SSSR count). The van der Waals surface area contributed by atoms with E-state index in [1.165, 1.54) is 0 Å². The van der Waals surface area contributed by atoms with Gasteiger partial charge in [-0.1, -0.05) is 0 Å². The Balaban J connectivity index is 6.71. The van der Waals surface area contributed by atoms with Gasteiger partial charge in [-0.15, -0.1) is 0 Å². The molecule has 0 aromatic rings. The van der Waals surface area contributed by atoms with Crippen molar-refractivity contribution in [3.05, 3.63) is 0 Å². The quantitative estimate of drug-likeness (QED) is 0.406. The summed E-state index contributed by atoms with van der Waals surface area (Å²) < 4.78 is 49.3.